The minimum atomic E-state index is -0.450. The summed E-state index contributed by atoms with van der Waals surface area (Å²) in [5.74, 6) is -0.392. The van der Waals surface area contributed by atoms with E-state index in [0.29, 0.717) is 17.9 Å². The zero-order chi connectivity index (χ0) is 11.8. The maximum atomic E-state index is 11.3. The number of nitrogens with one attached hydrogen (secondary N) is 1. The Labute approximate surface area is 89.7 Å². The van der Waals surface area contributed by atoms with Crippen molar-refractivity contribution < 1.29 is 19.7 Å². The van der Waals surface area contributed by atoms with E-state index in [9.17, 15) is 4.79 Å². The summed E-state index contributed by atoms with van der Waals surface area (Å²) < 4.78 is 4.81. The van der Waals surface area contributed by atoms with Crippen molar-refractivity contribution in [1.29, 1.82) is 0 Å². The Morgan fingerprint density at radius 1 is 1.33 bits per heavy atom. The number of ether oxygens (including phenoxy) is 1. The summed E-state index contributed by atoms with van der Waals surface area (Å²) in [5, 5.41) is 20.5. The predicted molar refractivity (Wildman–Crippen MR) is 56.1 cm³/mol. The molecule has 3 N–H and O–H groups in total. The van der Waals surface area contributed by atoms with Gasteiger partial charge >= 0.3 is 5.97 Å². The first-order valence-electron chi connectivity index (χ1n) is 4.89. The second kappa shape index (κ2) is 7.25. The van der Waals surface area contributed by atoms with E-state index in [1.54, 1.807) is 20.8 Å². The van der Waals surface area contributed by atoms with Crippen molar-refractivity contribution in [3.8, 4) is 0 Å². The number of hydrogen-bond donors (Lipinski definition) is 3. The molecule has 0 heterocycles. The van der Waals surface area contributed by atoms with Crippen LogP contribution in [0, 0.1) is 0 Å². The molecule has 0 saturated carbocycles. The Kier molecular flexibility index (Phi) is 6.73. The van der Waals surface area contributed by atoms with Crippen LogP contribution in [0.1, 0.15) is 20.8 Å². The SMILES string of the molecule is CCOC(=O)/C(C)=C(\C)NC(CO)CO. The van der Waals surface area contributed by atoms with Crippen molar-refractivity contribution >= 4 is 5.97 Å². The summed E-state index contributed by atoms with van der Waals surface area (Å²) >= 11 is 0. The number of aliphatic hydroxyl groups excluding tert-OH is 2. The first-order valence-corrected chi connectivity index (χ1v) is 4.89. The van der Waals surface area contributed by atoms with Gasteiger partial charge in [0.15, 0.2) is 0 Å². The average Bonchev–Trinajstić information content (AvgIpc) is 2.24. The van der Waals surface area contributed by atoms with Crippen LogP contribution in [0.3, 0.4) is 0 Å². The second-order valence-corrected chi connectivity index (χ2v) is 3.18. The summed E-state index contributed by atoms with van der Waals surface area (Å²) in [4.78, 5) is 11.3. The summed E-state index contributed by atoms with van der Waals surface area (Å²) in [6, 6.07) is -0.450. The molecular weight excluding hydrogens is 198 g/mol. The van der Waals surface area contributed by atoms with Gasteiger partial charge in [-0.05, 0) is 20.8 Å². The van der Waals surface area contributed by atoms with Crippen LogP contribution < -0.4 is 5.32 Å². The van der Waals surface area contributed by atoms with Crippen molar-refractivity contribution in [2.45, 2.75) is 26.8 Å². The lowest BCUT2D eigenvalue weighted by molar-refractivity contribution is -0.138. The number of carbonyl (C=O) groups is 1. The highest BCUT2D eigenvalue weighted by Crippen LogP contribution is 2.03. The van der Waals surface area contributed by atoms with Crippen LogP contribution in [0.2, 0.25) is 0 Å². The third-order valence-electron chi connectivity index (χ3n) is 2.01. The number of carbonyl (C=O) groups excluding carboxylic acids is 1. The van der Waals surface area contributed by atoms with E-state index in [0.717, 1.165) is 0 Å². The maximum absolute atomic E-state index is 11.3. The molecular formula is C10H19NO4. The monoisotopic (exact) mass is 217 g/mol. The second-order valence-electron chi connectivity index (χ2n) is 3.18. The van der Waals surface area contributed by atoms with Crippen molar-refractivity contribution in [2.24, 2.45) is 0 Å². The third kappa shape index (κ3) is 4.80. The lowest BCUT2D eigenvalue weighted by atomic mass is 10.2. The van der Waals surface area contributed by atoms with E-state index < -0.39 is 12.0 Å². The third-order valence-corrected chi connectivity index (χ3v) is 2.01. The zero-order valence-electron chi connectivity index (χ0n) is 9.41. The molecule has 0 aromatic heterocycles. The smallest absolute Gasteiger partial charge is 0.335 e. The van der Waals surface area contributed by atoms with Gasteiger partial charge < -0.3 is 20.3 Å². The van der Waals surface area contributed by atoms with Crippen LogP contribution in [0.4, 0.5) is 0 Å². The van der Waals surface area contributed by atoms with Gasteiger partial charge in [-0.1, -0.05) is 0 Å². The molecule has 0 atom stereocenters. The van der Waals surface area contributed by atoms with Crippen LogP contribution in [0.5, 0.6) is 0 Å². The van der Waals surface area contributed by atoms with Crippen molar-refractivity contribution in [3.05, 3.63) is 11.3 Å². The molecule has 5 nitrogen and oxygen atoms in total. The Bertz CT molecular complexity index is 234. The van der Waals surface area contributed by atoms with Crippen LogP contribution in [0.25, 0.3) is 0 Å². The molecule has 0 unspecified atom stereocenters. The molecule has 15 heavy (non-hydrogen) atoms. The number of rotatable bonds is 6. The molecule has 5 heteroatoms. The van der Waals surface area contributed by atoms with Gasteiger partial charge in [0, 0.05) is 5.70 Å². The maximum Gasteiger partial charge on any atom is 0.335 e. The van der Waals surface area contributed by atoms with E-state index in [2.05, 4.69) is 5.32 Å². The lowest BCUT2D eigenvalue weighted by Gasteiger charge is -2.16. The van der Waals surface area contributed by atoms with Gasteiger partial charge in [-0.2, -0.15) is 0 Å². The zero-order valence-corrected chi connectivity index (χ0v) is 9.41. The fourth-order valence-corrected chi connectivity index (χ4v) is 0.956. The highest BCUT2D eigenvalue weighted by atomic mass is 16.5. The van der Waals surface area contributed by atoms with Crippen LogP contribution >= 0.6 is 0 Å². The van der Waals surface area contributed by atoms with Crippen molar-refractivity contribution in [3.63, 3.8) is 0 Å². The largest absolute Gasteiger partial charge is 0.463 e. The first-order chi connectivity index (χ1) is 7.06. The van der Waals surface area contributed by atoms with Crippen molar-refractivity contribution in [2.75, 3.05) is 19.8 Å². The standard InChI is InChI=1S/C10H19NO4/c1-4-15-10(14)7(2)8(3)11-9(5-12)6-13/h9,11-13H,4-6H2,1-3H3/b8-7+. The van der Waals surface area contributed by atoms with Gasteiger partial charge in [0.2, 0.25) is 0 Å². The molecule has 0 saturated heterocycles. The molecule has 0 spiro atoms. The number of allylic oxidation sites excluding steroid dienone is 1. The van der Waals surface area contributed by atoms with Crippen molar-refractivity contribution in [1.82, 2.24) is 5.32 Å². The van der Waals surface area contributed by atoms with Gasteiger partial charge in [-0.3, -0.25) is 0 Å². The minimum absolute atomic E-state index is 0.191. The quantitative estimate of drug-likeness (QED) is 0.423. The summed E-state index contributed by atoms with van der Waals surface area (Å²) in [6.45, 7) is 5.01. The van der Waals surface area contributed by atoms with Gasteiger partial charge in [0.05, 0.1) is 31.4 Å². The fourth-order valence-electron chi connectivity index (χ4n) is 0.956. The molecule has 0 fully saturated rings. The van der Waals surface area contributed by atoms with E-state index in [-0.39, 0.29) is 13.2 Å². The molecule has 0 aliphatic heterocycles. The first kappa shape index (κ1) is 13.9. The average molecular weight is 217 g/mol. The topological polar surface area (TPSA) is 78.8 Å². The molecule has 0 aliphatic rings. The van der Waals surface area contributed by atoms with Crippen LogP contribution in [0.15, 0.2) is 11.3 Å². The Balaban J connectivity index is 4.42. The minimum Gasteiger partial charge on any atom is -0.463 e. The predicted octanol–water partition coefficient (Wildman–Crippen LogP) is -0.214. The van der Waals surface area contributed by atoms with E-state index in [1.165, 1.54) is 0 Å². The fraction of sp³-hybridized carbons (Fsp3) is 0.700. The van der Waals surface area contributed by atoms with Gasteiger partial charge in [0.1, 0.15) is 0 Å². The van der Waals surface area contributed by atoms with Crippen LogP contribution in [-0.4, -0.2) is 42.0 Å². The van der Waals surface area contributed by atoms with Gasteiger partial charge in [-0.25, -0.2) is 4.79 Å². The summed E-state index contributed by atoms with van der Waals surface area (Å²) in [5.41, 5.74) is 1.05. The molecule has 0 aromatic carbocycles. The molecule has 0 bridgehead atoms. The number of esters is 1. The number of hydrogen-bond acceptors (Lipinski definition) is 5. The highest BCUT2D eigenvalue weighted by Gasteiger charge is 2.11. The van der Waals surface area contributed by atoms with Gasteiger partial charge in [0.25, 0.3) is 0 Å². The number of aliphatic hydroxyl groups is 2. The van der Waals surface area contributed by atoms with E-state index >= 15 is 0 Å². The Morgan fingerprint density at radius 2 is 1.87 bits per heavy atom. The lowest BCUT2D eigenvalue weighted by Crippen LogP contribution is -2.35. The molecule has 88 valence electrons. The summed E-state index contributed by atoms with van der Waals surface area (Å²) in [7, 11) is 0. The molecule has 0 rings (SSSR count). The summed E-state index contributed by atoms with van der Waals surface area (Å²) in [6.07, 6.45) is 0. The Morgan fingerprint density at radius 3 is 2.27 bits per heavy atom. The highest BCUT2D eigenvalue weighted by molar-refractivity contribution is 5.88. The molecule has 0 aliphatic carbocycles. The van der Waals surface area contributed by atoms with E-state index in [1.807, 2.05) is 0 Å². The Hall–Kier alpha value is -1.07. The van der Waals surface area contributed by atoms with Gasteiger partial charge in [-0.15, -0.1) is 0 Å². The molecule has 0 radical (unpaired) electrons. The van der Waals surface area contributed by atoms with E-state index in [4.69, 9.17) is 14.9 Å². The normalized spacial score (nSPS) is 12.4. The molecule has 0 aromatic rings. The van der Waals surface area contributed by atoms with Crippen LogP contribution in [-0.2, 0) is 9.53 Å². The molecule has 0 amide bonds.